The van der Waals surface area contributed by atoms with Crippen LogP contribution in [0.1, 0.15) is 5.56 Å². The van der Waals surface area contributed by atoms with E-state index in [1.165, 1.54) is 11.3 Å². The molecule has 1 heterocycles. The Morgan fingerprint density at radius 1 is 1.00 bits per heavy atom. The van der Waals surface area contributed by atoms with E-state index in [0.717, 1.165) is 32.6 Å². The first-order valence-electron chi connectivity index (χ1n) is 5.30. The highest BCUT2D eigenvalue weighted by atomic mass is 35.5. The van der Waals surface area contributed by atoms with Crippen LogP contribution in [-0.2, 0) is 4.79 Å². The van der Waals surface area contributed by atoms with E-state index in [9.17, 15) is 4.79 Å². The number of halogens is 2. The lowest BCUT2D eigenvalue weighted by Crippen LogP contribution is -2.45. The van der Waals surface area contributed by atoms with Crippen molar-refractivity contribution in [3.8, 4) is 0 Å². The normalized spacial score (nSPS) is 14.6. The van der Waals surface area contributed by atoms with Gasteiger partial charge in [-0.15, -0.1) is 24.8 Å². The Hall–Kier alpha value is -0.930. The molecule has 0 N–H and O–H groups in total. The molecule has 0 saturated carbocycles. The second-order valence-electron chi connectivity index (χ2n) is 3.96. The van der Waals surface area contributed by atoms with Crippen LogP contribution in [0.2, 0.25) is 0 Å². The average molecular weight is 277 g/mol. The average Bonchev–Trinajstić information content (AvgIpc) is 2.30. The fourth-order valence-corrected chi connectivity index (χ4v) is 1.84. The van der Waals surface area contributed by atoms with Crippen LogP contribution in [0, 0.1) is 6.92 Å². The first-order valence-corrected chi connectivity index (χ1v) is 5.30. The minimum absolute atomic E-state index is 0. The van der Waals surface area contributed by atoms with Gasteiger partial charge in [-0.05, 0) is 19.1 Å². The molecule has 0 bridgehead atoms. The molecule has 1 aliphatic rings. The molecule has 0 unspecified atom stereocenters. The smallest absolute Gasteiger partial charge is 0.209 e. The summed E-state index contributed by atoms with van der Waals surface area (Å²) in [6.45, 7) is 5.62. The topological polar surface area (TPSA) is 23.6 Å². The maximum Gasteiger partial charge on any atom is 0.209 e. The highest BCUT2D eigenvalue weighted by Gasteiger charge is 2.15. The third-order valence-electron chi connectivity index (χ3n) is 2.86. The van der Waals surface area contributed by atoms with Crippen molar-refractivity contribution in [1.82, 2.24) is 4.90 Å². The predicted octanol–water partition coefficient (Wildman–Crippen LogP) is 2.12. The molecule has 17 heavy (non-hydrogen) atoms. The SMILES string of the molecule is Cc1ccc(N2CCN(C=O)CC2)cc1.Cl.Cl. The number of rotatable bonds is 2. The van der Waals surface area contributed by atoms with Crippen molar-refractivity contribution in [3.05, 3.63) is 29.8 Å². The predicted molar refractivity (Wildman–Crippen MR) is 75.5 cm³/mol. The van der Waals surface area contributed by atoms with Crippen molar-refractivity contribution >= 4 is 36.9 Å². The van der Waals surface area contributed by atoms with Crippen molar-refractivity contribution in [2.75, 3.05) is 31.1 Å². The van der Waals surface area contributed by atoms with Crippen molar-refractivity contribution in [3.63, 3.8) is 0 Å². The molecule has 0 aliphatic carbocycles. The summed E-state index contributed by atoms with van der Waals surface area (Å²) in [7, 11) is 0. The molecule has 2 rings (SSSR count). The summed E-state index contributed by atoms with van der Waals surface area (Å²) >= 11 is 0. The molecule has 1 aromatic carbocycles. The van der Waals surface area contributed by atoms with E-state index in [-0.39, 0.29) is 24.8 Å². The van der Waals surface area contributed by atoms with Crippen molar-refractivity contribution in [1.29, 1.82) is 0 Å². The van der Waals surface area contributed by atoms with Crippen molar-refractivity contribution < 1.29 is 4.79 Å². The van der Waals surface area contributed by atoms with Gasteiger partial charge < -0.3 is 9.80 Å². The van der Waals surface area contributed by atoms with Gasteiger partial charge in [-0.2, -0.15) is 0 Å². The Balaban J connectivity index is 0.00000128. The van der Waals surface area contributed by atoms with Crippen LogP contribution in [0.4, 0.5) is 5.69 Å². The van der Waals surface area contributed by atoms with Gasteiger partial charge in [-0.1, -0.05) is 17.7 Å². The number of benzene rings is 1. The summed E-state index contributed by atoms with van der Waals surface area (Å²) in [6.07, 6.45) is 0.937. The van der Waals surface area contributed by atoms with Gasteiger partial charge in [-0.3, -0.25) is 4.79 Å². The molecule has 1 aromatic rings. The Morgan fingerprint density at radius 3 is 2.00 bits per heavy atom. The number of hydrogen-bond donors (Lipinski definition) is 0. The van der Waals surface area contributed by atoms with Gasteiger partial charge >= 0.3 is 0 Å². The van der Waals surface area contributed by atoms with Crippen molar-refractivity contribution in [2.45, 2.75) is 6.92 Å². The number of nitrogens with zero attached hydrogens (tertiary/aromatic N) is 2. The van der Waals surface area contributed by atoms with Crippen LogP contribution in [0.25, 0.3) is 0 Å². The minimum Gasteiger partial charge on any atom is -0.368 e. The van der Waals surface area contributed by atoms with Crippen LogP contribution < -0.4 is 4.90 Å². The summed E-state index contributed by atoms with van der Waals surface area (Å²) in [5.41, 5.74) is 2.54. The van der Waals surface area contributed by atoms with Gasteiger partial charge in [0.25, 0.3) is 0 Å². The van der Waals surface area contributed by atoms with Gasteiger partial charge in [0, 0.05) is 31.9 Å². The number of aryl methyl sites for hydroxylation is 1. The Morgan fingerprint density at radius 2 is 1.53 bits per heavy atom. The van der Waals surface area contributed by atoms with Gasteiger partial charge in [0.1, 0.15) is 0 Å². The number of carbonyl (C=O) groups is 1. The van der Waals surface area contributed by atoms with Crippen LogP contribution in [-0.4, -0.2) is 37.5 Å². The largest absolute Gasteiger partial charge is 0.368 e. The van der Waals surface area contributed by atoms with E-state index in [4.69, 9.17) is 0 Å². The summed E-state index contributed by atoms with van der Waals surface area (Å²) in [6, 6.07) is 8.54. The second-order valence-corrected chi connectivity index (χ2v) is 3.96. The third-order valence-corrected chi connectivity index (χ3v) is 2.86. The number of hydrogen-bond acceptors (Lipinski definition) is 2. The molecule has 0 spiro atoms. The standard InChI is InChI=1S/C12H16N2O.2ClH/c1-11-2-4-12(5-3-11)14-8-6-13(10-15)7-9-14;;/h2-5,10H,6-9H2,1H3;2*1H. The molecule has 1 aliphatic heterocycles. The summed E-state index contributed by atoms with van der Waals surface area (Å²) in [5, 5.41) is 0. The van der Waals surface area contributed by atoms with E-state index < -0.39 is 0 Å². The lowest BCUT2D eigenvalue weighted by Gasteiger charge is -2.34. The maximum absolute atomic E-state index is 10.6. The van der Waals surface area contributed by atoms with E-state index in [1.54, 1.807) is 0 Å². The third kappa shape index (κ3) is 4.10. The highest BCUT2D eigenvalue weighted by Crippen LogP contribution is 2.16. The Kier molecular flexibility index (Phi) is 7.00. The summed E-state index contributed by atoms with van der Waals surface area (Å²) in [5.74, 6) is 0. The van der Waals surface area contributed by atoms with Crippen LogP contribution >= 0.6 is 24.8 Å². The Bertz CT molecular complexity index is 335. The molecule has 1 amide bonds. The van der Waals surface area contributed by atoms with E-state index in [2.05, 4.69) is 36.1 Å². The second kappa shape index (κ2) is 7.41. The molecular formula is C12H18Cl2N2O. The van der Waals surface area contributed by atoms with E-state index in [0.29, 0.717) is 0 Å². The first-order chi connectivity index (χ1) is 7.29. The highest BCUT2D eigenvalue weighted by molar-refractivity contribution is 5.85. The molecule has 0 aromatic heterocycles. The fourth-order valence-electron chi connectivity index (χ4n) is 1.84. The zero-order valence-electron chi connectivity index (χ0n) is 9.83. The quantitative estimate of drug-likeness (QED) is 0.773. The molecular weight excluding hydrogens is 259 g/mol. The maximum atomic E-state index is 10.6. The van der Waals surface area contributed by atoms with E-state index in [1.807, 2.05) is 4.90 Å². The van der Waals surface area contributed by atoms with Gasteiger partial charge in [0.15, 0.2) is 0 Å². The minimum atomic E-state index is 0. The van der Waals surface area contributed by atoms with Crippen molar-refractivity contribution in [2.24, 2.45) is 0 Å². The zero-order chi connectivity index (χ0) is 10.7. The Labute approximate surface area is 115 Å². The number of anilines is 1. The van der Waals surface area contributed by atoms with Crippen LogP contribution in [0.5, 0.6) is 0 Å². The lowest BCUT2D eigenvalue weighted by molar-refractivity contribution is -0.118. The van der Waals surface area contributed by atoms with Gasteiger partial charge in [0.2, 0.25) is 6.41 Å². The lowest BCUT2D eigenvalue weighted by atomic mass is 10.2. The fraction of sp³-hybridized carbons (Fsp3) is 0.417. The number of piperazine rings is 1. The molecule has 3 nitrogen and oxygen atoms in total. The summed E-state index contributed by atoms with van der Waals surface area (Å²) in [4.78, 5) is 14.7. The van der Waals surface area contributed by atoms with Gasteiger partial charge in [0.05, 0.1) is 0 Å². The molecule has 0 radical (unpaired) electrons. The number of carbonyl (C=O) groups excluding carboxylic acids is 1. The van der Waals surface area contributed by atoms with Gasteiger partial charge in [-0.25, -0.2) is 0 Å². The molecule has 5 heteroatoms. The number of amides is 1. The van der Waals surface area contributed by atoms with Crippen LogP contribution in [0.15, 0.2) is 24.3 Å². The first kappa shape index (κ1) is 16.1. The molecule has 96 valence electrons. The van der Waals surface area contributed by atoms with E-state index >= 15 is 0 Å². The molecule has 1 fully saturated rings. The zero-order valence-corrected chi connectivity index (χ0v) is 11.5. The molecule has 0 atom stereocenters. The molecule has 1 saturated heterocycles. The summed E-state index contributed by atoms with van der Waals surface area (Å²) < 4.78 is 0. The monoisotopic (exact) mass is 276 g/mol. The van der Waals surface area contributed by atoms with Crippen LogP contribution in [0.3, 0.4) is 0 Å².